The van der Waals surface area contributed by atoms with E-state index >= 15 is 0 Å². The van der Waals surface area contributed by atoms with Crippen LogP contribution in [-0.4, -0.2) is 9.97 Å². The van der Waals surface area contributed by atoms with Crippen LogP contribution in [0.1, 0.15) is 5.56 Å². The lowest BCUT2D eigenvalue weighted by Gasteiger charge is -2.13. The Balaban J connectivity index is 1.36. The summed E-state index contributed by atoms with van der Waals surface area (Å²) in [4.78, 5) is 12.4. The summed E-state index contributed by atoms with van der Waals surface area (Å²) in [5.74, 6) is 0. The van der Waals surface area contributed by atoms with Crippen LogP contribution >= 0.6 is 0 Å². The zero-order chi connectivity index (χ0) is 25.9. The minimum atomic E-state index is 0.584. The van der Waals surface area contributed by atoms with Gasteiger partial charge in [0.15, 0.2) is 5.69 Å². The van der Waals surface area contributed by atoms with Crippen molar-refractivity contribution in [3.63, 3.8) is 0 Å². The molecule has 6 rings (SSSR count). The lowest BCUT2D eigenvalue weighted by Crippen LogP contribution is -1.88. The summed E-state index contributed by atoms with van der Waals surface area (Å²) in [6.45, 7) is 7.25. The molecule has 0 unspecified atom stereocenters. The second kappa shape index (κ2) is 9.82. The molecule has 38 heavy (non-hydrogen) atoms. The van der Waals surface area contributed by atoms with Crippen LogP contribution in [0.3, 0.4) is 0 Å². The molecule has 0 aliphatic carbocycles. The maximum absolute atomic E-state index is 9.20. The SMILES string of the molecule is [C-]#[N+]c1ccnc(-c2ccc(-c3ccc(-c4ccc(-c5cc(C#N)ccn5)cc4)c4ccccc34)cc2)c1. The van der Waals surface area contributed by atoms with E-state index < -0.39 is 0 Å². The molecule has 0 N–H and O–H groups in total. The highest BCUT2D eigenvalue weighted by atomic mass is 14.7. The number of nitriles is 1. The Bertz CT molecular complexity index is 1730. The van der Waals surface area contributed by atoms with Gasteiger partial charge in [-0.2, -0.15) is 5.26 Å². The molecule has 176 valence electrons. The van der Waals surface area contributed by atoms with Crippen LogP contribution in [0.5, 0.6) is 0 Å². The van der Waals surface area contributed by atoms with Gasteiger partial charge in [0.2, 0.25) is 0 Å². The number of pyridine rings is 2. The molecular formula is C34H20N4. The summed E-state index contributed by atoms with van der Waals surface area (Å²) in [6.07, 6.45) is 3.34. The van der Waals surface area contributed by atoms with Crippen LogP contribution < -0.4 is 0 Å². The highest BCUT2D eigenvalue weighted by Gasteiger charge is 2.11. The number of hydrogen-bond donors (Lipinski definition) is 0. The molecule has 0 atom stereocenters. The van der Waals surface area contributed by atoms with Crippen LogP contribution in [0, 0.1) is 17.9 Å². The fraction of sp³-hybridized carbons (Fsp3) is 0. The molecule has 4 heteroatoms. The molecule has 0 radical (unpaired) electrons. The smallest absolute Gasteiger partial charge is 0.190 e. The lowest BCUT2D eigenvalue weighted by atomic mass is 9.91. The monoisotopic (exact) mass is 484 g/mol. The van der Waals surface area contributed by atoms with Crippen molar-refractivity contribution in [2.24, 2.45) is 0 Å². The van der Waals surface area contributed by atoms with Crippen molar-refractivity contribution in [3.8, 4) is 50.8 Å². The first-order chi connectivity index (χ1) is 18.7. The van der Waals surface area contributed by atoms with Gasteiger partial charge in [-0.15, -0.1) is 0 Å². The first kappa shape index (κ1) is 22.9. The van der Waals surface area contributed by atoms with E-state index in [1.165, 1.54) is 10.8 Å². The fourth-order valence-corrected chi connectivity index (χ4v) is 4.75. The molecule has 6 aromatic rings. The zero-order valence-electron chi connectivity index (χ0n) is 20.3. The first-order valence-electron chi connectivity index (χ1n) is 12.2. The van der Waals surface area contributed by atoms with Crippen molar-refractivity contribution >= 4 is 16.5 Å². The second-order valence-electron chi connectivity index (χ2n) is 8.91. The molecule has 0 spiro atoms. The Kier molecular flexibility index (Phi) is 5.91. The Hall–Kier alpha value is -5.58. The molecular weight excluding hydrogens is 464 g/mol. The highest BCUT2D eigenvalue weighted by Crippen LogP contribution is 2.37. The summed E-state index contributed by atoms with van der Waals surface area (Å²) in [7, 11) is 0. The second-order valence-corrected chi connectivity index (χ2v) is 8.91. The third kappa shape index (κ3) is 4.28. The van der Waals surface area contributed by atoms with Crippen molar-refractivity contribution in [1.82, 2.24) is 9.97 Å². The van der Waals surface area contributed by atoms with Gasteiger partial charge in [0.1, 0.15) is 0 Å². The molecule has 0 fully saturated rings. The predicted molar refractivity (Wildman–Crippen MR) is 152 cm³/mol. The largest absolute Gasteiger partial charge is 0.259 e. The highest BCUT2D eigenvalue weighted by molar-refractivity contribution is 6.05. The predicted octanol–water partition coefficient (Wildman–Crippen LogP) is 8.72. The quantitative estimate of drug-likeness (QED) is 0.235. The lowest BCUT2D eigenvalue weighted by molar-refractivity contribution is 1.31. The van der Waals surface area contributed by atoms with E-state index in [0.717, 1.165) is 44.8 Å². The third-order valence-electron chi connectivity index (χ3n) is 6.67. The molecule has 2 heterocycles. The Morgan fingerprint density at radius 1 is 0.579 bits per heavy atom. The van der Waals surface area contributed by atoms with E-state index in [-0.39, 0.29) is 0 Å². The standard InChI is InChI=1S/C34H20N4/c1-36-28-17-19-38-34(21-28)27-12-8-25(9-13-27)30-15-14-29(31-4-2-3-5-32(30)31)24-6-10-26(11-7-24)33-20-23(22-35)16-18-37-33/h2-21H. The van der Waals surface area contributed by atoms with Crippen molar-refractivity contribution in [1.29, 1.82) is 5.26 Å². The number of benzene rings is 4. The van der Waals surface area contributed by atoms with Gasteiger partial charge >= 0.3 is 0 Å². The third-order valence-corrected chi connectivity index (χ3v) is 6.67. The minimum absolute atomic E-state index is 0.584. The maximum atomic E-state index is 9.20. The fourth-order valence-electron chi connectivity index (χ4n) is 4.75. The number of aromatic nitrogens is 2. The summed E-state index contributed by atoms with van der Waals surface area (Å²) in [5.41, 5.74) is 9.28. The molecule has 0 amide bonds. The molecule has 0 saturated carbocycles. The molecule has 0 aliphatic heterocycles. The van der Waals surface area contributed by atoms with E-state index in [4.69, 9.17) is 6.57 Å². The average molecular weight is 485 g/mol. The van der Waals surface area contributed by atoms with Gasteiger partial charge in [0.25, 0.3) is 0 Å². The van der Waals surface area contributed by atoms with Crippen LogP contribution in [0.4, 0.5) is 5.69 Å². The van der Waals surface area contributed by atoms with Gasteiger partial charge in [-0.1, -0.05) is 84.9 Å². The maximum Gasteiger partial charge on any atom is 0.190 e. The number of fused-ring (bicyclic) bond motifs is 1. The van der Waals surface area contributed by atoms with E-state index in [9.17, 15) is 5.26 Å². The Morgan fingerprint density at radius 2 is 1.08 bits per heavy atom. The number of rotatable bonds is 4. The van der Waals surface area contributed by atoms with Crippen molar-refractivity contribution < 1.29 is 0 Å². The van der Waals surface area contributed by atoms with Crippen molar-refractivity contribution in [2.45, 2.75) is 0 Å². The molecule has 4 nitrogen and oxygen atoms in total. The van der Waals surface area contributed by atoms with Crippen molar-refractivity contribution in [2.75, 3.05) is 0 Å². The van der Waals surface area contributed by atoms with Gasteiger partial charge in [-0.05, 0) is 62.9 Å². The van der Waals surface area contributed by atoms with Crippen LogP contribution in [0.2, 0.25) is 0 Å². The van der Waals surface area contributed by atoms with E-state index in [1.54, 1.807) is 24.5 Å². The van der Waals surface area contributed by atoms with E-state index in [2.05, 4.69) is 106 Å². The molecule has 0 aliphatic rings. The normalized spacial score (nSPS) is 10.6. The van der Waals surface area contributed by atoms with Crippen LogP contribution in [0.15, 0.2) is 122 Å². The van der Waals surface area contributed by atoms with Gasteiger partial charge < -0.3 is 0 Å². The summed E-state index contributed by atoms with van der Waals surface area (Å²) < 4.78 is 0. The molecule has 4 aromatic carbocycles. The summed E-state index contributed by atoms with van der Waals surface area (Å²) >= 11 is 0. The van der Waals surface area contributed by atoms with E-state index in [1.807, 2.05) is 12.1 Å². The van der Waals surface area contributed by atoms with Crippen LogP contribution in [0.25, 0.3) is 60.4 Å². The van der Waals surface area contributed by atoms with E-state index in [0.29, 0.717) is 11.3 Å². The Labute approximate surface area is 221 Å². The Morgan fingerprint density at radius 3 is 1.61 bits per heavy atom. The molecule has 0 bridgehead atoms. The van der Waals surface area contributed by atoms with Gasteiger partial charge in [-0.3, -0.25) is 9.97 Å². The molecule has 0 saturated heterocycles. The first-order valence-corrected chi connectivity index (χ1v) is 12.2. The number of nitrogens with zero attached hydrogens (tertiary/aromatic N) is 4. The topological polar surface area (TPSA) is 53.9 Å². The number of hydrogen-bond acceptors (Lipinski definition) is 3. The van der Waals surface area contributed by atoms with Gasteiger partial charge in [0.05, 0.1) is 29.6 Å². The minimum Gasteiger partial charge on any atom is -0.259 e. The average Bonchev–Trinajstić information content (AvgIpc) is 3.01. The van der Waals surface area contributed by atoms with Crippen LogP contribution in [-0.2, 0) is 0 Å². The summed E-state index contributed by atoms with van der Waals surface area (Å²) in [5, 5.41) is 11.6. The summed E-state index contributed by atoms with van der Waals surface area (Å²) in [6, 6.07) is 38.7. The van der Waals surface area contributed by atoms with Crippen molar-refractivity contribution in [3.05, 3.63) is 139 Å². The zero-order valence-corrected chi connectivity index (χ0v) is 20.3. The van der Waals surface area contributed by atoms with Gasteiger partial charge in [-0.25, -0.2) is 4.85 Å². The molecule has 2 aromatic heterocycles. The van der Waals surface area contributed by atoms with Gasteiger partial charge in [0, 0.05) is 18.0 Å².